The van der Waals surface area contributed by atoms with Crippen molar-refractivity contribution >= 4 is 16.8 Å². The van der Waals surface area contributed by atoms with Crippen molar-refractivity contribution in [1.29, 1.82) is 0 Å². The minimum Gasteiger partial charge on any atom is -0.354 e. The van der Waals surface area contributed by atoms with E-state index in [-0.39, 0.29) is 11.4 Å². The maximum atomic E-state index is 13.0. The first kappa shape index (κ1) is 16.6. The number of carbonyl (C=O) groups excluding carboxylic acids is 1. The van der Waals surface area contributed by atoms with Crippen LogP contribution in [0.15, 0.2) is 78.9 Å². The molecule has 0 spiro atoms. The van der Waals surface area contributed by atoms with E-state index in [1.165, 1.54) is 33.3 Å². The molecule has 2 aliphatic rings. The molecule has 1 amide bonds. The molecule has 1 unspecified atom stereocenters. The first-order valence-corrected chi connectivity index (χ1v) is 10.3. The summed E-state index contributed by atoms with van der Waals surface area (Å²) in [6, 6.07) is 27.6. The molecule has 0 radical (unpaired) electrons. The Morgan fingerprint density at radius 2 is 1.59 bits per heavy atom. The Morgan fingerprint density at radius 1 is 0.828 bits per heavy atom. The highest BCUT2D eigenvalue weighted by Crippen LogP contribution is 2.50. The third-order valence-corrected chi connectivity index (χ3v) is 6.73. The standard InChI is InChI=1S/C26H22N2O/c29-23-14-16-26(19-10-5-2-6-11-19)21-12-7-13-22-24(21)20(15-17-28(23)26)25(27-22)18-8-3-1-4-9-18/h1-13,27H,14-17H2. The van der Waals surface area contributed by atoms with Gasteiger partial charge in [0.2, 0.25) is 5.91 Å². The molecule has 3 nitrogen and oxygen atoms in total. The lowest BCUT2D eigenvalue weighted by Crippen LogP contribution is -2.44. The smallest absolute Gasteiger partial charge is 0.223 e. The summed E-state index contributed by atoms with van der Waals surface area (Å²) < 4.78 is 0. The highest BCUT2D eigenvalue weighted by Gasteiger charge is 2.50. The predicted molar refractivity (Wildman–Crippen MR) is 116 cm³/mol. The van der Waals surface area contributed by atoms with Crippen molar-refractivity contribution in [2.24, 2.45) is 0 Å². The molecular weight excluding hydrogens is 356 g/mol. The molecule has 1 N–H and O–H groups in total. The summed E-state index contributed by atoms with van der Waals surface area (Å²) >= 11 is 0. The number of fused-ring (bicyclic) bond motifs is 2. The average molecular weight is 378 g/mol. The number of hydrogen-bond acceptors (Lipinski definition) is 1. The van der Waals surface area contributed by atoms with Crippen LogP contribution in [0.4, 0.5) is 0 Å². The van der Waals surface area contributed by atoms with E-state index >= 15 is 0 Å². The SMILES string of the molecule is O=C1CCC2(c3ccccc3)c3cccc4[nH]c(-c5ccccc5)c(c34)CCN12. The van der Waals surface area contributed by atoms with E-state index < -0.39 is 0 Å². The Morgan fingerprint density at radius 3 is 2.38 bits per heavy atom. The molecule has 1 fully saturated rings. The molecule has 3 heteroatoms. The van der Waals surface area contributed by atoms with Crippen LogP contribution in [-0.2, 0) is 16.8 Å². The number of rotatable bonds is 2. The van der Waals surface area contributed by atoms with Crippen molar-refractivity contribution in [2.75, 3.05) is 6.54 Å². The van der Waals surface area contributed by atoms with Gasteiger partial charge in [-0.3, -0.25) is 4.79 Å². The van der Waals surface area contributed by atoms with Crippen LogP contribution in [-0.4, -0.2) is 22.3 Å². The quantitative estimate of drug-likeness (QED) is 0.508. The summed E-state index contributed by atoms with van der Waals surface area (Å²) in [5, 5.41) is 1.30. The van der Waals surface area contributed by atoms with Crippen LogP contribution in [0.3, 0.4) is 0 Å². The van der Waals surface area contributed by atoms with Crippen molar-refractivity contribution in [3.05, 3.63) is 95.6 Å². The normalized spacial score (nSPS) is 20.7. The Labute approximate surface area is 170 Å². The molecule has 0 bridgehead atoms. The van der Waals surface area contributed by atoms with Crippen LogP contribution in [0.2, 0.25) is 0 Å². The molecule has 1 aromatic heterocycles. The van der Waals surface area contributed by atoms with E-state index in [1.54, 1.807) is 0 Å². The molecule has 0 aliphatic carbocycles. The predicted octanol–water partition coefficient (Wildman–Crippen LogP) is 5.26. The van der Waals surface area contributed by atoms with Crippen LogP contribution in [0.1, 0.15) is 29.5 Å². The van der Waals surface area contributed by atoms with Crippen LogP contribution in [0, 0.1) is 0 Å². The number of benzene rings is 3. The highest BCUT2D eigenvalue weighted by atomic mass is 16.2. The van der Waals surface area contributed by atoms with Gasteiger partial charge < -0.3 is 9.88 Å². The zero-order valence-corrected chi connectivity index (χ0v) is 16.2. The molecule has 3 aromatic carbocycles. The van der Waals surface area contributed by atoms with Gasteiger partial charge >= 0.3 is 0 Å². The minimum absolute atomic E-state index is 0.265. The maximum Gasteiger partial charge on any atom is 0.223 e. The van der Waals surface area contributed by atoms with E-state index in [0.29, 0.717) is 6.42 Å². The van der Waals surface area contributed by atoms with E-state index in [0.717, 1.165) is 24.9 Å². The van der Waals surface area contributed by atoms with Gasteiger partial charge in [-0.1, -0.05) is 72.8 Å². The zero-order valence-electron chi connectivity index (χ0n) is 16.2. The monoisotopic (exact) mass is 378 g/mol. The lowest BCUT2D eigenvalue weighted by atomic mass is 9.79. The highest BCUT2D eigenvalue weighted by molar-refractivity contribution is 5.96. The Hall–Kier alpha value is -3.33. The van der Waals surface area contributed by atoms with Crippen molar-refractivity contribution < 1.29 is 4.79 Å². The number of carbonyl (C=O) groups is 1. The molecule has 6 rings (SSSR count). The lowest BCUT2D eigenvalue weighted by Gasteiger charge is -2.39. The summed E-state index contributed by atoms with van der Waals surface area (Å²) in [5.41, 5.74) is 6.98. The number of aromatic nitrogens is 1. The van der Waals surface area contributed by atoms with Gasteiger partial charge in [-0.2, -0.15) is 0 Å². The lowest BCUT2D eigenvalue weighted by molar-refractivity contribution is -0.130. The summed E-state index contributed by atoms with van der Waals surface area (Å²) in [6.07, 6.45) is 2.30. The van der Waals surface area contributed by atoms with Gasteiger partial charge in [-0.05, 0) is 41.2 Å². The Bertz CT molecular complexity index is 1230. The van der Waals surface area contributed by atoms with E-state index in [2.05, 4.69) is 82.7 Å². The number of amides is 1. The molecule has 1 saturated heterocycles. The summed E-state index contributed by atoms with van der Waals surface area (Å²) in [6.45, 7) is 0.745. The fraction of sp³-hybridized carbons (Fsp3) is 0.192. The number of aromatic amines is 1. The molecule has 4 aromatic rings. The van der Waals surface area contributed by atoms with Gasteiger partial charge in [-0.15, -0.1) is 0 Å². The molecule has 1 atom stereocenters. The Kier molecular flexibility index (Phi) is 3.48. The van der Waals surface area contributed by atoms with Gasteiger partial charge in [0.25, 0.3) is 0 Å². The van der Waals surface area contributed by atoms with E-state index in [9.17, 15) is 4.79 Å². The van der Waals surface area contributed by atoms with Crippen molar-refractivity contribution in [3.63, 3.8) is 0 Å². The van der Waals surface area contributed by atoms with Gasteiger partial charge in [-0.25, -0.2) is 0 Å². The second-order valence-corrected chi connectivity index (χ2v) is 8.09. The van der Waals surface area contributed by atoms with Gasteiger partial charge in [0.05, 0.1) is 5.54 Å². The van der Waals surface area contributed by atoms with Gasteiger partial charge in [0, 0.05) is 29.6 Å². The first-order valence-electron chi connectivity index (χ1n) is 10.3. The number of nitrogens with one attached hydrogen (secondary N) is 1. The zero-order chi connectivity index (χ0) is 19.4. The first-order chi connectivity index (χ1) is 14.3. The second kappa shape index (κ2) is 6.08. The fourth-order valence-corrected chi connectivity index (χ4v) is 5.52. The van der Waals surface area contributed by atoms with Crippen molar-refractivity contribution in [2.45, 2.75) is 24.8 Å². The molecule has 0 saturated carbocycles. The Balaban J connectivity index is 1.69. The van der Waals surface area contributed by atoms with Crippen molar-refractivity contribution in [1.82, 2.24) is 9.88 Å². The number of H-pyrrole nitrogens is 1. The van der Waals surface area contributed by atoms with Crippen LogP contribution in [0.5, 0.6) is 0 Å². The summed E-state index contributed by atoms with van der Waals surface area (Å²) in [4.78, 5) is 18.8. The number of hydrogen-bond donors (Lipinski definition) is 1. The molecule has 142 valence electrons. The minimum atomic E-state index is -0.376. The van der Waals surface area contributed by atoms with Crippen LogP contribution in [0.25, 0.3) is 22.2 Å². The summed E-state index contributed by atoms with van der Waals surface area (Å²) in [7, 11) is 0. The molecule has 3 heterocycles. The maximum absolute atomic E-state index is 13.0. The molecule has 2 aliphatic heterocycles. The molecular formula is C26H22N2O. The fourth-order valence-electron chi connectivity index (χ4n) is 5.52. The largest absolute Gasteiger partial charge is 0.354 e. The van der Waals surface area contributed by atoms with E-state index in [1.807, 2.05) is 6.07 Å². The van der Waals surface area contributed by atoms with E-state index in [4.69, 9.17) is 0 Å². The topological polar surface area (TPSA) is 36.1 Å². The van der Waals surface area contributed by atoms with Crippen LogP contribution < -0.4 is 0 Å². The third kappa shape index (κ3) is 2.21. The van der Waals surface area contributed by atoms with Crippen molar-refractivity contribution in [3.8, 4) is 11.3 Å². The summed E-state index contributed by atoms with van der Waals surface area (Å²) in [5.74, 6) is 0.265. The van der Waals surface area contributed by atoms with Gasteiger partial charge in [0.1, 0.15) is 0 Å². The second-order valence-electron chi connectivity index (χ2n) is 8.09. The van der Waals surface area contributed by atoms with Gasteiger partial charge in [0.15, 0.2) is 0 Å². The number of nitrogens with zero attached hydrogens (tertiary/aromatic N) is 1. The third-order valence-electron chi connectivity index (χ3n) is 6.73. The average Bonchev–Trinajstić information content (AvgIpc) is 3.27. The molecule has 29 heavy (non-hydrogen) atoms. The van der Waals surface area contributed by atoms with Crippen LogP contribution >= 0.6 is 0 Å².